The first-order valence-electron chi connectivity index (χ1n) is 5.95. The van der Waals surface area contributed by atoms with Crippen molar-refractivity contribution in [3.8, 4) is 0 Å². The van der Waals surface area contributed by atoms with Crippen LogP contribution in [-0.4, -0.2) is 31.9 Å². The van der Waals surface area contributed by atoms with Crippen LogP contribution in [0.4, 0.5) is 0 Å². The van der Waals surface area contributed by atoms with Gasteiger partial charge in [0.05, 0.1) is 13.2 Å². The van der Waals surface area contributed by atoms with Crippen molar-refractivity contribution < 1.29 is 18.1 Å². The molecule has 0 aromatic carbocycles. The smallest absolute Gasteiger partial charge is 0.311 e. The average Bonchev–Trinajstić information content (AvgIpc) is 2.96. The molecular formula is C10H20NO4P. The van der Waals surface area contributed by atoms with Gasteiger partial charge >= 0.3 is 7.82 Å². The summed E-state index contributed by atoms with van der Waals surface area (Å²) in [6, 6.07) is 0. The lowest BCUT2D eigenvalue weighted by molar-refractivity contribution is -0.0404. The van der Waals surface area contributed by atoms with Crippen molar-refractivity contribution in [1.82, 2.24) is 5.32 Å². The molecule has 6 heteroatoms. The van der Waals surface area contributed by atoms with Crippen LogP contribution in [0.3, 0.4) is 0 Å². The topological polar surface area (TPSA) is 56.8 Å². The first-order valence-corrected chi connectivity index (χ1v) is 7.41. The maximum Gasteiger partial charge on any atom is 0.475 e. The third-order valence-electron chi connectivity index (χ3n) is 3.04. The molecule has 2 rings (SSSR count). The fraction of sp³-hybridized carbons (Fsp3) is 1.00. The van der Waals surface area contributed by atoms with Gasteiger partial charge in [-0.15, -0.1) is 0 Å². The Balaban J connectivity index is 2.00. The number of nitrogens with one attached hydrogen (secondary N) is 1. The quantitative estimate of drug-likeness (QED) is 0.699. The highest BCUT2D eigenvalue weighted by Crippen LogP contribution is 2.58. The lowest BCUT2D eigenvalue weighted by Crippen LogP contribution is -2.62. The second-order valence-electron chi connectivity index (χ2n) is 4.32. The lowest BCUT2D eigenvalue weighted by atomic mass is 9.91. The van der Waals surface area contributed by atoms with Gasteiger partial charge in [0, 0.05) is 13.1 Å². The minimum Gasteiger partial charge on any atom is -0.311 e. The van der Waals surface area contributed by atoms with E-state index in [1.807, 2.05) is 0 Å². The lowest BCUT2D eigenvalue weighted by Gasteiger charge is -2.43. The molecule has 1 N–H and O–H groups in total. The van der Waals surface area contributed by atoms with Gasteiger partial charge in [-0.2, -0.15) is 0 Å². The minimum atomic E-state index is -3.36. The molecule has 2 aliphatic rings. The van der Waals surface area contributed by atoms with Crippen LogP contribution in [0.2, 0.25) is 0 Å². The van der Waals surface area contributed by atoms with Gasteiger partial charge in [0.15, 0.2) is 0 Å². The van der Waals surface area contributed by atoms with E-state index in [0.717, 1.165) is 25.9 Å². The van der Waals surface area contributed by atoms with Crippen molar-refractivity contribution in [2.75, 3.05) is 26.3 Å². The summed E-state index contributed by atoms with van der Waals surface area (Å²) in [6.45, 7) is 5.76. The molecule has 2 fully saturated rings. The molecule has 0 spiro atoms. The highest BCUT2D eigenvalue weighted by molar-refractivity contribution is 7.48. The minimum absolute atomic E-state index is 0.306. The van der Waals surface area contributed by atoms with Gasteiger partial charge in [0.1, 0.15) is 5.60 Å². The Labute approximate surface area is 96.5 Å². The van der Waals surface area contributed by atoms with E-state index in [1.54, 1.807) is 13.8 Å². The maximum absolute atomic E-state index is 12.3. The third-order valence-corrected chi connectivity index (χ3v) is 4.77. The van der Waals surface area contributed by atoms with Crippen molar-refractivity contribution in [1.29, 1.82) is 0 Å². The van der Waals surface area contributed by atoms with E-state index in [2.05, 4.69) is 5.32 Å². The second kappa shape index (κ2) is 4.75. The first kappa shape index (κ1) is 12.5. The van der Waals surface area contributed by atoms with Crippen molar-refractivity contribution in [2.24, 2.45) is 5.92 Å². The number of phosphoric ester groups is 1. The molecular weight excluding hydrogens is 229 g/mol. The Morgan fingerprint density at radius 3 is 2.12 bits per heavy atom. The van der Waals surface area contributed by atoms with Crippen LogP contribution in [0, 0.1) is 5.92 Å². The van der Waals surface area contributed by atoms with Crippen LogP contribution in [0.15, 0.2) is 0 Å². The molecule has 0 atom stereocenters. The third kappa shape index (κ3) is 2.49. The average molecular weight is 249 g/mol. The van der Waals surface area contributed by atoms with Crippen molar-refractivity contribution in [3.63, 3.8) is 0 Å². The maximum atomic E-state index is 12.3. The predicted octanol–water partition coefficient (Wildman–Crippen LogP) is 1.94. The SMILES string of the molecule is CCOP(=O)(OCC)OC1(C2CC2)CNC1. The predicted molar refractivity (Wildman–Crippen MR) is 60.3 cm³/mol. The summed E-state index contributed by atoms with van der Waals surface area (Å²) in [5.41, 5.74) is -0.306. The molecule has 1 aliphatic carbocycles. The first-order chi connectivity index (χ1) is 7.64. The second-order valence-corrected chi connectivity index (χ2v) is 5.91. The summed E-state index contributed by atoms with van der Waals surface area (Å²) < 4.78 is 28.3. The van der Waals surface area contributed by atoms with Gasteiger partial charge in [0.25, 0.3) is 0 Å². The highest BCUT2D eigenvalue weighted by atomic mass is 31.2. The van der Waals surface area contributed by atoms with Gasteiger partial charge in [-0.3, -0.25) is 13.6 Å². The monoisotopic (exact) mass is 249 g/mol. The number of phosphoric acid groups is 1. The Bertz CT molecular complexity index is 279. The van der Waals surface area contributed by atoms with Gasteiger partial charge in [-0.25, -0.2) is 4.57 Å². The van der Waals surface area contributed by atoms with E-state index < -0.39 is 7.82 Å². The molecule has 0 bridgehead atoms. The van der Waals surface area contributed by atoms with E-state index in [0.29, 0.717) is 19.1 Å². The normalized spacial score (nSPS) is 24.1. The van der Waals surface area contributed by atoms with E-state index in [9.17, 15) is 4.57 Å². The summed E-state index contributed by atoms with van der Waals surface area (Å²) >= 11 is 0. The molecule has 1 aliphatic heterocycles. The molecule has 94 valence electrons. The molecule has 0 aromatic heterocycles. The molecule has 5 nitrogen and oxygen atoms in total. The Kier molecular flexibility index (Phi) is 3.72. The Morgan fingerprint density at radius 1 is 1.25 bits per heavy atom. The fourth-order valence-corrected chi connectivity index (χ4v) is 3.57. The van der Waals surface area contributed by atoms with Crippen LogP contribution in [0.25, 0.3) is 0 Å². The standard InChI is InChI=1S/C10H20NO4P/c1-3-13-16(12,14-4-2)15-10(7-11-8-10)9-5-6-9/h9,11H,3-8H2,1-2H3. The Hall–Kier alpha value is 0.0700. The van der Waals surface area contributed by atoms with Crippen molar-refractivity contribution in [3.05, 3.63) is 0 Å². The Morgan fingerprint density at radius 2 is 1.81 bits per heavy atom. The zero-order valence-electron chi connectivity index (χ0n) is 9.90. The fourth-order valence-electron chi connectivity index (χ4n) is 2.04. The van der Waals surface area contributed by atoms with Gasteiger partial charge in [-0.1, -0.05) is 0 Å². The molecule has 1 saturated heterocycles. The van der Waals surface area contributed by atoms with Gasteiger partial charge in [0.2, 0.25) is 0 Å². The van der Waals surface area contributed by atoms with Crippen molar-refractivity contribution in [2.45, 2.75) is 32.3 Å². The number of hydrogen-bond donors (Lipinski definition) is 1. The molecule has 0 unspecified atom stereocenters. The van der Waals surface area contributed by atoms with E-state index in [4.69, 9.17) is 13.6 Å². The van der Waals surface area contributed by atoms with Gasteiger partial charge in [-0.05, 0) is 32.6 Å². The van der Waals surface area contributed by atoms with Crippen LogP contribution in [0.5, 0.6) is 0 Å². The van der Waals surface area contributed by atoms with E-state index in [1.165, 1.54) is 0 Å². The molecule has 0 aromatic rings. The number of hydrogen-bond acceptors (Lipinski definition) is 5. The molecule has 16 heavy (non-hydrogen) atoms. The molecule has 1 saturated carbocycles. The van der Waals surface area contributed by atoms with Gasteiger partial charge < -0.3 is 5.32 Å². The summed E-state index contributed by atoms with van der Waals surface area (Å²) in [4.78, 5) is 0. The van der Waals surface area contributed by atoms with E-state index in [-0.39, 0.29) is 5.60 Å². The summed E-state index contributed by atoms with van der Waals surface area (Å²) in [5, 5.41) is 3.17. The molecule has 0 amide bonds. The molecule has 1 heterocycles. The largest absolute Gasteiger partial charge is 0.475 e. The zero-order chi connectivity index (χ0) is 11.6. The van der Waals surface area contributed by atoms with Crippen molar-refractivity contribution >= 4 is 7.82 Å². The zero-order valence-corrected chi connectivity index (χ0v) is 10.8. The van der Waals surface area contributed by atoms with Crippen LogP contribution >= 0.6 is 7.82 Å². The highest BCUT2D eigenvalue weighted by Gasteiger charge is 2.54. The molecule has 0 radical (unpaired) electrons. The number of rotatable bonds is 7. The van der Waals surface area contributed by atoms with Crippen LogP contribution in [0.1, 0.15) is 26.7 Å². The summed E-state index contributed by atoms with van der Waals surface area (Å²) in [7, 11) is -3.36. The summed E-state index contributed by atoms with van der Waals surface area (Å²) in [6.07, 6.45) is 2.31. The van der Waals surface area contributed by atoms with Crippen LogP contribution in [-0.2, 0) is 18.1 Å². The van der Waals surface area contributed by atoms with Crippen LogP contribution < -0.4 is 5.32 Å². The van der Waals surface area contributed by atoms with E-state index >= 15 is 0 Å². The summed E-state index contributed by atoms with van der Waals surface area (Å²) in [5.74, 6) is 0.517.